The van der Waals surface area contributed by atoms with Crippen molar-refractivity contribution in [3.05, 3.63) is 127 Å². The topological polar surface area (TPSA) is 145 Å². The summed E-state index contributed by atoms with van der Waals surface area (Å²) in [6.45, 7) is 13.4. The van der Waals surface area contributed by atoms with Gasteiger partial charge in [-0.2, -0.15) is 10.1 Å². The van der Waals surface area contributed by atoms with Crippen LogP contribution in [0.15, 0.2) is 107 Å². The Morgan fingerprint density at radius 1 is 0.892 bits per heavy atom. The molecule has 1 fully saturated rings. The number of hydrazine groups is 1. The van der Waals surface area contributed by atoms with Gasteiger partial charge in [-0.1, -0.05) is 128 Å². The summed E-state index contributed by atoms with van der Waals surface area (Å²) in [4.78, 5) is 54.9. The van der Waals surface area contributed by atoms with Gasteiger partial charge in [-0.15, -0.1) is 11.8 Å². The lowest BCUT2D eigenvalue weighted by Crippen LogP contribution is -2.36. The molecule has 0 aromatic heterocycles. The molecule has 1 unspecified atom stereocenters. The van der Waals surface area contributed by atoms with Gasteiger partial charge in [0.2, 0.25) is 5.91 Å². The van der Waals surface area contributed by atoms with Crippen LogP contribution in [0.2, 0.25) is 30.1 Å². The SMILES string of the molecule is C=C(C)C(=O)Nc1ccc(Cl)c(N=C2NN(c3c(Cl)cc(Cl)cc3Cl)C(=O)C2Sc2cc(C)ccc2OCCCCCCCC)c1.C=CC(=O)NC1=NN(c2cc(Cl)ccc2Cl)C(=O)C1. The van der Waals surface area contributed by atoms with Crippen molar-refractivity contribution in [1.82, 2.24) is 10.7 Å². The van der Waals surface area contributed by atoms with Gasteiger partial charge < -0.3 is 15.4 Å². The lowest BCUT2D eigenvalue weighted by Gasteiger charge is -2.19. The zero-order chi connectivity index (χ0) is 47.4. The van der Waals surface area contributed by atoms with Crippen LogP contribution in [-0.4, -0.2) is 47.2 Å². The molecule has 1 atom stereocenters. The Labute approximate surface area is 412 Å². The second kappa shape index (κ2) is 24.2. The first-order chi connectivity index (χ1) is 31.0. The van der Waals surface area contributed by atoms with Crippen LogP contribution >= 0.6 is 81.4 Å². The average molecular weight is 1020 g/mol. The highest BCUT2D eigenvalue weighted by Gasteiger charge is 2.41. The number of carbonyl (C=O) groups excluding carboxylic acids is 4. The maximum Gasteiger partial charge on any atom is 0.267 e. The van der Waals surface area contributed by atoms with Crippen LogP contribution in [0.3, 0.4) is 0 Å². The van der Waals surface area contributed by atoms with Crippen molar-refractivity contribution in [2.75, 3.05) is 21.9 Å². The van der Waals surface area contributed by atoms with Crippen LogP contribution in [0.4, 0.5) is 22.7 Å². The highest BCUT2D eigenvalue weighted by atomic mass is 35.5. The fourth-order valence-corrected chi connectivity index (χ4v) is 8.84. The molecule has 0 radical (unpaired) electrons. The van der Waals surface area contributed by atoms with Crippen molar-refractivity contribution in [1.29, 1.82) is 0 Å². The van der Waals surface area contributed by atoms with E-state index in [-0.39, 0.29) is 51.5 Å². The third kappa shape index (κ3) is 14.1. The summed E-state index contributed by atoms with van der Waals surface area (Å²) in [6, 6.07) is 18.5. The number of halogens is 6. The third-order valence-electron chi connectivity index (χ3n) is 9.42. The molecule has 2 heterocycles. The highest BCUT2D eigenvalue weighted by molar-refractivity contribution is 8.01. The van der Waals surface area contributed by atoms with Gasteiger partial charge in [0.15, 0.2) is 0 Å². The van der Waals surface area contributed by atoms with Gasteiger partial charge in [-0.05, 0) is 92.6 Å². The van der Waals surface area contributed by atoms with E-state index in [4.69, 9.17) is 79.3 Å². The van der Waals surface area contributed by atoms with E-state index in [1.165, 1.54) is 60.7 Å². The number of carbonyl (C=O) groups is 4. The van der Waals surface area contributed by atoms with Crippen molar-refractivity contribution in [3.8, 4) is 5.75 Å². The quantitative estimate of drug-likeness (QED) is 0.0748. The summed E-state index contributed by atoms with van der Waals surface area (Å²) in [5, 5.41) is 12.6. The van der Waals surface area contributed by atoms with Gasteiger partial charge >= 0.3 is 0 Å². The number of thioether (sulfide) groups is 1. The number of rotatable bonds is 16. The molecule has 4 amide bonds. The van der Waals surface area contributed by atoms with Crippen LogP contribution in [0.25, 0.3) is 0 Å². The van der Waals surface area contributed by atoms with Crippen LogP contribution in [0, 0.1) is 6.92 Å². The lowest BCUT2D eigenvalue weighted by atomic mass is 10.1. The van der Waals surface area contributed by atoms with E-state index < -0.39 is 11.2 Å². The third-order valence-corrected chi connectivity index (χ3v) is 12.3. The molecule has 4 aromatic rings. The zero-order valence-electron chi connectivity index (χ0n) is 35.6. The molecule has 2 aliphatic heterocycles. The van der Waals surface area contributed by atoms with E-state index in [9.17, 15) is 19.2 Å². The predicted molar refractivity (Wildman–Crippen MR) is 268 cm³/mol. The number of unbranched alkanes of at least 4 members (excludes halogenated alkanes) is 5. The molecule has 3 N–H and O–H groups in total. The molecule has 19 heteroatoms. The summed E-state index contributed by atoms with van der Waals surface area (Å²) in [5.41, 5.74) is 5.87. The summed E-state index contributed by atoms with van der Waals surface area (Å²) >= 11 is 38.9. The Hall–Kier alpha value is -4.73. The fraction of sp³-hybridized carbons (Fsp3) is 0.261. The van der Waals surface area contributed by atoms with Gasteiger partial charge in [0.05, 0.1) is 49.4 Å². The lowest BCUT2D eigenvalue weighted by molar-refractivity contribution is -0.117. The zero-order valence-corrected chi connectivity index (χ0v) is 40.9. The van der Waals surface area contributed by atoms with E-state index in [2.05, 4.69) is 41.2 Å². The summed E-state index contributed by atoms with van der Waals surface area (Å²) in [5.74, 6) is -0.221. The first-order valence-corrected chi connectivity index (χ1v) is 23.4. The molecule has 2 aliphatic rings. The maximum absolute atomic E-state index is 14.1. The standard InChI is InChI=1S/C34H36Cl4N4O3S.C12H9Cl2N3O2/c1-5-6-7-8-9-10-15-45-28-14-11-21(4)16-29(28)46-31-32(40-27-19-23(12-13-24(27)36)39-33(43)20(2)3)41-42(34(31)44)30-25(37)17-22(35)18-26(30)38;1-2-11(18)15-10-6-12(19)17(16-10)9-5-7(13)3-4-8(9)14/h11-14,16-19,31H,2,5-10,15H2,1,3-4H3,(H,39,43)(H,40,41);2-5H,1,6H2,(H,15,16,18). The number of benzene rings is 4. The molecule has 0 bridgehead atoms. The highest BCUT2D eigenvalue weighted by Crippen LogP contribution is 2.42. The second-order valence-corrected chi connectivity index (χ2v) is 18.3. The molecule has 6 rings (SSSR count). The van der Waals surface area contributed by atoms with E-state index in [1.54, 1.807) is 37.3 Å². The number of aryl methyl sites for hydroxylation is 1. The maximum atomic E-state index is 14.1. The number of aliphatic imine (C=N–C) groups is 1. The van der Waals surface area contributed by atoms with E-state index in [0.717, 1.165) is 34.4 Å². The molecule has 0 saturated carbocycles. The number of hydrogen-bond donors (Lipinski definition) is 3. The molecule has 1 saturated heterocycles. The first kappa shape index (κ1) is 51.3. The van der Waals surface area contributed by atoms with E-state index in [1.807, 2.05) is 25.1 Å². The van der Waals surface area contributed by atoms with E-state index in [0.29, 0.717) is 55.1 Å². The summed E-state index contributed by atoms with van der Waals surface area (Å²) in [6.07, 6.45) is 7.99. The number of anilines is 3. The van der Waals surface area contributed by atoms with Crippen molar-refractivity contribution >= 4 is 139 Å². The number of ether oxygens (including phenoxy) is 1. The number of hydrogen-bond acceptors (Lipinski definition) is 8. The Morgan fingerprint density at radius 3 is 2.28 bits per heavy atom. The van der Waals surface area contributed by atoms with Crippen molar-refractivity contribution in [2.45, 2.75) is 75.9 Å². The van der Waals surface area contributed by atoms with E-state index >= 15 is 0 Å². The number of amidine groups is 2. The Morgan fingerprint density at radius 2 is 1.58 bits per heavy atom. The molecule has 12 nitrogen and oxygen atoms in total. The average Bonchev–Trinajstić information content (AvgIpc) is 3.76. The van der Waals surface area contributed by atoms with Crippen molar-refractivity contribution in [3.63, 3.8) is 0 Å². The fourth-order valence-electron chi connectivity index (χ4n) is 6.16. The van der Waals surface area contributed by atoms with Gasteiger partial charge in [0, 0.05) is 21.3 Å². The van der Waals surface area contributed by atoms with Gasteiger partial charge in [0.25, 0.3) is 17.7 Å². The molecule has 0 aliphatic carbocycles. The Kier molecular flexibility index (Phi) is 19.1. The van der Waals surface area contributed by atoms with Crippen LogP contribution in [-0.2, 0) is 19.2 Å². The minimum absolute atomic E-state index is 0.0115. The molecular weight excluding hydrogens is 975 g/mol. The Balaban J connectivity index is 0.000000347. The van der Waals surface area contributed by atoms with Crippen molar-refractivity contribution in [2.24, 2.45) is 10.1 Å². The summed E-state index contributed by atoms with van der Waals surface area (Å²) < 4.78 is 6.22. The largest absolute Gasteiger partial charge is 0.492 e. The normalized spacial score (nSPS) is 15.0. The van der Waals surface area contributed by atoms with Crippen LogP contribution in [0.5, 0.6) is 5.75 Å². The minimum atomic E-state index is -0.856. The molecule has 65 heavy (non-hydrogen) atoms. The number of hydrazone groups is 1. The second-order valence-electron chi connectivity index (χ2n) is 14.7. The minimum Gasteiger partial charge on any atom is -0.492 e. The molecule has 0 spiro atoms. The monoisotopic (exact) mass is 1020 g/mol. The summed E-state index contributed by atoms with van der Waals surface area (Å²) in [7, 11) is 0. The number of nitrogens with zero attached hydrogens (tertiary/aromatic N) is 4. The first-order valence-electron chi connectivity index (χ1n) is 20.3. The van der Waals surface area contributed by atoms with Gasteiger partial charge in [0.1, 0.15) is 28.4 Å². The Bertz CT molecular complexity index is 2530. The van der Waals surface area contributed by atoms with Crippen LogP contribution in [0.1, 0.15) is 64.4 Å². The predicted octanol–water partition coefficient (Wildman–Crippen LogP) is 13.0. The smallest absolute Gasteiger partial charge is 0.267 e. The number of nitrogens with one attached hydrogen (secondary N) is 3. The molecule has 342 valence electrons. The van der Waals surface area contributed by atoms with Gasteiger partial charge in [-0.25, -0.2) is 10.0 Å². The van der Waals surface area contributed by atoms with Gasteiger partial charge in [-0.3, -0.25) is 24.6 Å². The molecule has 4 aromatic carbocycles. The number of amides is 4. The van der Waals surface area contributed by atoms with Crippen molar-refractivity contribution < 1.29 is 23.9 Å². The molecular formula is C46H45Cl6N7O5S. The van der Waals surface area contributed by atoms with Crippen LogP contribution < -0.4 is 30.8 Å².